The molecular weight excluding hydrogens is 412 g/mol. The van der Waals surface area contributed by atoms with Crippen LogP contribution in [0.2, 0.25) is 0 Å². The van der Waals surface area contributed by atoms with Gasteiger partial charge in [0.1, 0.15) is 12.4 Å². The molecule has 0 saturated carbocycles. The summed E-state index contributed by atoms with van der Waals surface area (Å²) in [5.41, 5.74) is 6.49. The van der Waals surface area contributed by atoms with Crippen LogP contribution in [0.15, 0.2) is 66.7 Å². The molecule has 2 N–H and O–H groups in total. The minimum absolute atomic E-state index is 0.117. The van der Waals surface area contributed by atoms with Crippen LogP contribution in [0, 0.1) is 20.8 Å². The molecule has 0 atom stereocenters. The summed E-state index contributed by atoms with van der Waals surface area (Å²) in [4.78, 5) is 30.0. The number of aryl methyl sites for hydroxylation is 3. The fourth-order valence-corrected chi connectivity index (χ4v) is 3.83. The Labute approximate surface area is 193 Å². The van der Waals surface area contributed by atoms with Crippen molar-refractivity contribution in [3.8, 4) is 0 Å². The van der Waals surface area contributed by atoms with Crippen LogP contribution in [0.3, 0.4) is 0 Å². The predicted molar refractivity (Wildman–Crippen MR) is 131 cm³/mol. The lowest BCUT2D eigenvalue weighted by molar-refractivity contribution is -0.116. The molecule has 1 aromatic heterocycles. The topological polar surface area (TPSA) is 76.0 Å². The first-order valence-electron chi connectivity index (χ1n) is 11.1. The van der Waals surface area contributed by atoms with E-state index < -0.39 is 0 Å². The van der Waals surface area contributed by atoms with Gasteiger partial charge in [0.25, 0.3) is 5.91 Å². The van der Waals surface area contributed by atoms with E-state index in [9.17, 15) is 9.59 Å². The fraction of sp³-hybridized carbons (Fsp3) is 0.222. The highest BCUT2D eigenvalue weighted by Gasteiger charge is 2.14. The van der Waals surface area contributed by atoms with Crippen LogP contribution in [-0.4, -0.2) is 27.9 Å². The molecule has 4 aromatic rings. The van der Waals surface area contributed by atoms with Crippen molar-refractivity contribution < 1.29 is 9.59 Å². The van der Waals surface area contributed by atoms with Gasteiger partial charge in [-0.05, 0) is 68.3 Å². The number of benzene rings is 3. The van der Waals surface area contributed by atoms with E-state index in [4.69, 9.17) is 4.98 Å². The van der Waals surface area contributed by atoms with Crippen LogP contribution in [0.4, 0.5) is 5.69 Å². The number of hydrogen-bond donors (Lipinski definition) is 2. The number of carbonyl (C=O) groups is 2. The molecule has 33 heavy (non-hydrogen) atoms. The summed E-state index contributed by atoms with van der Waals surface area (Å²) < 4.78 is 1.92. The van der Waals surface area contributed by atoms with Crippen LogP contribution in [-0.2, 0) is 17.8 Å². The van der Waals surface area contributed by atoms with Gasteiger partial charge in [0, 0.05) is 24.2 Å². The van der Waals surface area contributed by atoms with E-state index in [-0.39, 0.29) is 18.4 Å². The number of fused-ring (bicyclic) bond motifs is 1. The van der Waals surface area contributed by atoms with Gasteiger partial charge in [-0.1, -0.05) is 35.9 Å². The zero-order valence-corrected chi connectivity index (χ0v) is 19.2. The predicted octanol–water partition coefficient (Wildman–Crippen LogP) is 4.57. The minimum atomic E-state index is -0.119. The zero-order chi connectivity index (χ0) is 23.4. The first-order valence-corrected chi connectivity index (χ1v) is 11.1. The van der Waals surface area contributed by atoms with Gasteiger partial charge in [0.05, 0.1) is 11.0 Å². The van der Waals surface area contributed by atoms with E-state index in [2.05, 4.69) is 10.6 Å². The number of aromatic nitrogens is 2. The first-order chi connectivity index (χ1) is 15.9. The summed E-state index contributed by atoms with van der Waals surface area (Å²) in [6.07, 6.45) is 0.517. The number of imidazole rings is 1. The standard InChI is InChI=1S/C27H28N4O2/c1-18-7-6-8-21(15-18)27(33)28-14-13-25-30-23-9-4-5-10-24(23)31(25)17-26(32)29-22-12-11-19(2)20(3)16-22/h4-12,15-16H,13-14,17H2,1-3H3,(H,28,33)(H,29,32). The normalized spacial score (nSPS) is 10.9. The van der Waals surface area contributed by atoms with Crippen molar-refractivity contribution in [1.82, 2.24) is 14.9 Å². The molecule has 0 bridgehead atoms. The Hall–Kier alpha value is -3.93. The SMILES string of the molecule is Cc1cccc(C(=O)NCCc2nc3ccccc3n2CC(=O)Nc2ccc(C)c(C)c2)c1. The number of nitrogens with zero attached hydrogens (tertiary/aromatic N) is 2. The number of nitrogens with one attached hydrogen (secondary N) is 2. The highest BCUT2D eigenvalue weighted by Crippen LogP contribution is 2.18. The van der Waals surface area contributed by atoms with Gasteiger partial charge in [-0.2, -0.15) is 0 Å². The van der Waals surface area contributed by atoms with Crippen molar-refractivity contribution >= 4 is 28.5 Å². The van der Waals surface area contributed by atoms with Crippen molar-refractivity contribution in [3.05, 3.63) is 94.8 Å². The molecule has 3 aromatic carbocycles. The average Bonchev–Trinajstić information content (AvgIpc) is 3.13. The van der Waals surface area contributed by atoms with E-state index in [1.165, 1.54) is 5.56 Å². The monoisotopic (exact) mass is 440 g/mol. The number of rotatable bonds is 7. The second kappa shape index (κ2) is 9.69. The van der Waals surface area contributed by atoms with Crippen LogP contribution < -0.4 is 10.6 Å². The molecule has 0 radical (unpaired) electrons. The molecule has 168 valence electrons. The van der Waals surface area contributed by atoms with E-state index in [1.807, 2.05) is 86.0 Å². The summed E-state index contributed by atoms with van der Waals surface area (Å²) >= 11 is 0. The summed E-state index contributed by atoms with van der Waals surface area (Å²) in [6, 6.07) is 21.1. The first kappa shape index (κ1) is 22.3. The van der Waals surface area contributed by atoms with Gasteiger partial charge in [0.2, 0.25) is 5.91 Å². The lowest BCUT2D eigenvalue weighted by Crippen LogP contribution is -2.27. The fourth-order valence-electron chi connectivity index (χ4n) is 3.83. The van der Waals surface area contributed by atoms with Crippen LogP contribution in [0.1, 0.15) is 32.9 Å². The van der Waals surface area contributed by atoms with E-state index in [1.54, 1.807) is 6.07 Å². The lowest BCUT2D eigenvalue weighted by Gasteiger charge is -2.12. The van der Waals surface area contributed by atoms with E-state index in [0.717, 1.165) is 33.7 Å². The van der Waals surface area contributed by atoms with Crippen molar-refractivity contribution in [2.24, 2.45) is 0 Å². The molecule has 0 fully saturated rings. The maximum Gasteiger partial charge on any atom is 0.251 e. The van der Waals surface area contributed by atoms with E-state index in [0.29, 0.717) is 18.5 Å². The third-order valence-corrected chi connectivity index (χ3v) is 5.74. The lowest BCUT2D eigenvalue weighted by atomic mass is 10.1. The third kappa shape index (κ3) is 5.29. The summed E-state index contributed by atoms with van der Waals surface area (Å²) in [7, 11) is 0. The van der Waals surface area contributed by atoms with Crippen molar-refractivity contribution in [2.45, 2.75) is 33.7 Å². The van der Waals surface area contributed by atoms with Crippen molar-refractivity contribution in [1.29, 1.82) is 0 Å². The van der Waals surface area contributed by atoms with Gasteiger partial charge in [-0.15, -0.1) is 0 Å². The Morgan fingerprint density at radius 3 is 2.52 bits per heavy atom. The van der Waals surface area contributed by atoms with Gasteiger partial charge < -0.3 is 15.2 Å². The number of carbonyl (C=O) groups excluding carboxylic acids is 2. The van der Waals surface area contributed by atoms with Crippen molar-refractivity contribution in [2.75, 3.05) is 11.9 Å². The Balaban J connectivity index is 1.47. The summed E-state index contributed by atoms with van der Waals surface area (Å²) in [6.45, 7) is 6.60. The average molecular weight is 441 g/mol. The summed E-state index contributed by atoms with van der Waals surface area (Å²) in [5, 5.41) is 5.94. The van der Waals surface area contributed by atoms with Gasteiger partial charge in [-0.3, -0.25) is 9.59 Å². The Morgan fingerprint density at radius 2 is 1.73 bits per heavy atom. The number of anilines is 1. The minimum Gasteiger partial charge on any atom is -0.352 e. The molecule has 0 aliphatic heterocycles. The highest BCUT2D eigenvalue weighted by molar-refractivity contribution is 5.94. The molecule has 4 rings (SSSR count). The van der Waals surface area contributed by atoms with Crippen molar-refractivity contribution in [3.63, 3.8) is 0 Å². The number of para-hydroxylation sites is 2. The molecule has 2 amide bonds. The Bertz CT molecular complexity index is 1320. The van der Waals surface area contributed by atoms with Gasteiger partial charge >= 0.3 is 0 Å². The Kier molecular flexibility index (Phi) is 6.54. The maximum absolute atomic E-state index is 12.8. The van der Waals surface area contributed by atoms with E-state index >= 15 is 0 Å². The molecule has 0 unspecified atom stereocenters. The van der Waals surface area contributed by atoms with Gasteiger partial charge in [0.15, 0.2) is 0 Å². The second-order valence-electron chi connectivity index (χ2n) is 8.33. The smallest absolute Gasteiger partial charge is 0.251 e. The summed E-state index contributed by atoms with van der Waals surface area (Å²) in [5.74, 6) is 0.524. The molecule has 6 nitrogen and oxygen atoms in total. The van der Waals surface area contributed by atoms with Gasteiger partial charge in [-0.25, -0.2) is 4.98 Å². The molecular formula is C27H28N4O2. The molecule has 0 saturated heterocycles. The molecule has 0 aliphatic carbocycles. The van der Waals surface area contributed by atoms with Crippen LogP contribution in [0.5, 0.6) is 0 Å². The second-order valence-corrected chi connectivity index (χ2v) is 8.33. The maximum atomic E-state index is 12.8. The van der Waals surface area contributed by atoms with Crippen LogP contribution in [0.25, 0.3) is 11.0 Å². The zero-order valence-electron chi connectivity index (χ0n) is 19.2. The molecule has 0 aliphatic rings. The third-order valence-electron chi connectivity index (χ3n) is 5.74. The highest BCUT2D eigenvalue weighted by atomic mass is 16.2. The largest absolute Gasteiger partial charge is 0.352 e. The molecule has 6 heteroatoms. The molecule has 0 spiro atoms. The quantitative estimate of drug-likeness (QED) is 0.442. The number of hydrogen-bond acceptors (Lipinski definition) is 3. The Morgan fingerprint density at radius 1 is 0.909 bits per heavy atom. The number of amides is 2. The molecule has 1 heterocycles. The van der Waals surface area contributed by atoms with Crippen LogP contribution >= 0.6 is 0 Å².